The Morgan fingerprint density at radius 1 is 1.50 bits per heavy atom. The highest BCUT2D eigenvalue weighted by molar-refractivity contribution is 9.09. The van der Waals surface area contributed by atoms with Crippen molar-refractivity contribution in [2.24, 2.45) is 5.92 Å². The fourth-order valence-electron chi connectivity index (χ4n) is 0.419. The monoisotopic (exact) mass is 278 g/mol. The summed E-state index contributed by atoms with van der Waals surface area (Å²) in [6.07, 6.45) is 0. The van der Waals surface area contributed by atoms with E-state index >= 15 is 0 Å². The van der Waals surface area contributed by atoms with Crippen molar-refractivity contribution in [3.63, 3.8) is 0 Å². The molecule has 74 valence electrons. The number of rotatable bonds is 6. The Kier molecular flexibility index (Phi) is 6.87. The average Bonchev–Trinajstić information content (AvgIpc) is 1.98. The van der Waals surface area contributed by atoms with Crippen LogP contribution in [0.3, 0.4) is 0 Å². The van der Waals surface area contributed by atoms with Crippen molar-refractivity contribution in [3.8, 4) is 0 Å². The summed E-state index contributed by atoms with van der Waals surface area (Å²) in [6.45, 7) is 1.21. The van der Waals surface area contributed by atoms with Gasteiger partial charge in [-0.1, -0.05) is 29.8 Å². The summed E-state index contributed by atoms with van der Waals surface area (Å²) in [4.78, 5) is 0. The largest absolute Gasteiger partial charge is 0.424 e. The van der Waals surface area contributed by atoms with Crippen LogP contribution >= 0.6 is 34.1 Å². The average molecular weight is 279 g/mol. The molecule has 0 aliphatic carbocycles. The molecule has 0 rings (SSSR count). The second-order valence-corrected chi connectivity index (χ2v) is 6.06. The maximum Gasteiger partial charge on any atom is 0.424 e. The standard InChI is InChI=1S/C6H13BrClO3P/c1-6(2)5-11-12(8,9)10-4-3-7/h6H,3-5H2,1-2H3. The number of hydrogen-bond donors (Lipinski definition) is 0. The van der Waals surface area contributed by atoms with Gasteiger partial charge in [-0.25, -0.2) is 4.57 Å². The lowest BCUT2D eigenvalue weighted by atomic mass is 10.2. The lowest BCUT2D eigenvalue weighted by Crippen LogP contribution is -2.00. The van der Waals surface area contributed by atoms with E-state index in [0.717, 1.165) is 0 Å². The molecule has 0 spiro atoms. The first-order valence-electron chi connectivity index (χ1n) is 3.62. The van der Waals surface area contributed by atoms with Crippen LogP contribution in [0.15, 0.2) is 0 Å². The molecule has 6 heteroatoms. The molecule has 0 aromatic carbocycles. The minimum absolute atomic E-state index is 0.291. The quantitative estimate of drug-likeness (QED) is 0.552. The van der Waals surface area contributed by atoms with Crippen LogP contribution in [0, 0.1) is 5.92 Å². The van der Waals surface area contributed by atoms with Gasteiger partial charge in [-0.3, -0.25) is 9.05 Å². The van der Waals surface area contributed by atoms with Gasteiger partial charge in [0.1, 0.15) is 0 Å². The normalized spacial score (nSPS) is 16.4. The molecule has 1 unspecified atom stereocenters. The van der Waals surface area contributed by atoms with Crippen molar-refractivity contribution in [3.05, 3.63) is 0 Å². The maximum absolute atomic E-state index is 11.2. The van der Waals surface area contributed by atoms with Crippen molar-refractivity contribution in [1.29, 1.82) is 0 Å². The van der Waals surface area contributed by atoms with Crippen molar-refractivity contribution in [2.45, 2.75) is 13.8 Å². The molecule has 0 N–H and O–H groups in total. The Bertz CT molecular complexity index is 165. The lowest BCUT2D eigenvalue weighted by molar-refractivity contribution is 0.207. The van der Waals surface area contributed by atoms with Crippen molar-refractivity contribution < 1.29 is 13.6 Å². The second-order valence-electron chi connectivity index (χ2n) is 2.64. The van der Waals surface area contributed by atoms with Gasteiger partial charge >= 0.3 is 6.95 Å². The molecule has 0 bridgehead atoms. The molecule has 3 nitrogen and oxygen atoms in total. The molecule has 0 radical (unpaired) electrons. The Morgan fingerprint density at radius 2 is 2.08 bits per heavy atom. The molecule has 0 aromatic heterocycles. The number of halogens is 2. The zero-order valence-corrected chi connectivity index (χ0v) is 10.4. The highest BCUT2D eigenvalue weighted by Crippen LogP contribution is 2.53. The first-order valence-corrected chi connectivity index (χ1v) is 7.19. The van der Waals surface area contributed by atoms with E-state index in [1.54, 1.807) is 0 Å². The van der Waals surface area contributed by atoms with E-state index in [4.69, 9.17) is 20.3 Å². The van der Waals surface area contributed by atoms with Crippen LogP contribution < -0.4 is 0 Å². The van der Waals surface area contributed by atoms with E-state index in [-0.39, 0.29) is 0 Å². The van der Waals surface area contributed by atoms with E-state index < -0.39 is 6.95 Å². The van der Waals surface area contributed by atoms with Gasteiger partial charge in [0.15, 0.2) is 0 Å². The van der Waals surface area contributed by atoms with Crippen LogP contribution in [0.2, 0.25) is 0 Å². The predicted molar refractivity (Wildman–Crippen MR) is 54.0 cm³/mol. The minimum atomic E-state index is -3.32. The summed E-state index contributed by atoms with van der Waals surface area (Å²) in [5.41, 5.74) is 0. The van der Waals surface area contributed by atoms with Crippen molar-refractivity contribution in [1.82, 2.24) is 0 Å². The minimum Gasteiger partial charge on any atom is -0.297 e. The SMILES string of the molecule is CC(C)COP(=O)(Cl)OCCBr. The summed E-state index contributed by atoms with van der Waals surface area (Å²) < 4.78 is 20.8. The number of hydrogen-bond acceptors (Lipinski definition) is 3. The summed E-state index contributed by atoms with van der Waals surface area (Å²) in [6, 6.07) is 0. The maximum atomic E-state index is 11.2. The van der Waals surface area contributed by atoms with Crippen LogP contribution in [0.25, 0.3) is 0 Å². The summed E-state index contributed by atoms with van der Waals surface area (Å²) >= 11 is 8.57. The highest BCUT2D eigenvalue weighted by atomic mass is 79.9. The van der Waals surface area contributed by atoms with E-state index in [0.29, 0.717) is 24.5 Å². The molecule has 0 saturated heterocycles. The molecule has 1 atom stereocenters. The van der Waals surface area contributed by atoms with E-state index in [1.807, 2.05) is 13.8 Å². The third-order valence-corrected chi connectivity index (χ3v) is 2.74. The molecule has 0 amide bonds. The topological polar surface area (TPSA) is 35.5 Å². The van der Waals surface area contributed by atoms with Crippen LogP contribution in [0.1, 0.15) is 13.8 Å². The summed E-state index contributed by atoms with van der Waals surface area (Å²) in [7, 11) is 0. The molecular formula is C6H13BrClO3P. The second kappa shape index (κ2) is 6.39. The van der Waals surface area contributed by atoms with Gasteiger partial charge in [-0.05, 0) is 5.92 Å². The summed E-state index contributed by atoms with van der Waals surface area (Å²) in [5.74, 6) is 0.296. The molecule has 0 saturated carbocycles. The fraction of sp³-hybridized carbons (Fsp3) is 1.00. The van der Waals surface area contributed by atoms with Gasteiger partial charge < -0.3 is 0 Å². The molecule has 0 fully saturated rings. The molecule has 0 aromatic rings. The molecule has 0 aliphatic rings. The van der Waals surface area contributed by atoms with Gasteiger partial charge in [0, 0.05) is 16.6 Å². The molecule has 0 heterocycles. The molecule has 12 heavy (non-hydrogen) atoms. The van der Waals surface area contributed by atoms with Crippen LogP contribution in [-0.2, 0) is 13.6 Å². The summed E-state index contributed by atoms with van der Waals surface area (Å²) in [5, 5.41) is 0.592. The van der Waals surface area contributed by atoms with Crippen LogP contribution in [0.4, 0.5) is 0 Å². The highest BCUT2D eigenvalue weighted by Gasteiger charge is 2.20. The molecular weight excluding hydrogens is 266 g/mol. The van der Waals surface area contributed by atoms with E-state index in [1.165, 1.54) is 0 Å². The van der Waals surface area contributed by atoms with Gasteiger partial charge in [0.05, 0.1) is 13.2 Å². The van der Waals surface area contributed by atoms with Crippen molar-refractivity contribution in [2.75, 3.05) is 18.5 Å². The van der Waals surface area contributed by atoms with Gasteiger partial charge in [0.2, 0.25) is 0 Å². The molecule has 0 aliphatic heterocycles. The van der Waals surface area contributed by atoms with Crippen molar-refractivity contribution >= 4 is 34.1 Å². The van der Waals surface area contributed by atoms with Gasteiger partial charge in [-0.15, -0.1) is 0 Å². The predicted octanol–water partition coefficient (Wildman–Crippen LogP) is 3.42. The zero-order chi connectivity index (χ0) is 9.61. The first kappa shape index (κ1) is 12.9. The number of alkyl halides is 1. The first-order chi connectivity index (χ1) is 5.48. The van der Waals surface area contributed by atoms with E-state index in [2.05, 4.69) is 15.9 Å². The van der Waals surface area contributed by atoms with Crippen LogP contribution in [0.5, 0.6) is 0 Å². The third kappa shape index (κ3) is 7.56. The Balaban J connectivity index is 3.64. The smallest absolute Gasteiger partial charge is 0.297 e. The van der Waals surface area contributed by atoms with Gasteiger partial charge in [-0.2, -0.15) is 0 Å². The zero-order valence-electron chi connectivity index (χ0n) is 7.13. The fourth-order valence-corrected chi connectivity index (χ4v) is 2.07. The Morgan fingerprint density at radius 3 is 2.50 bits per heavy atom. The Labute approximate surface area is 86.2 Å². The van der Waals surface area contributed by atoms with Crippen LogP contribution in [-0.4, -0.2) is 18.5 Å². The van der Waals surface area contributed by atoms with E-state index in [9.17, 15) is 4.57 Å². The Hall–Kier alpha value is 0.920. The lowest BCUT2D eigenvalue weighted by Gasteiger charge is -2.12. The van der Waals surface area contributed by atoms with Gasteiger partial charge in [0.25, 0.3) is 0 Å². The third-order valence-electron chi connectivity index (χ3n) is 0.885.